The van der Waals surface area contributed by atoms with E-state index >= 15 is 0 Å². The van der Waals surface area contributed by atoms with Gasteiger partial charge in [-0.05, 0) is 42.8 Å². The second kappa shape index (κ2) is 9.01. The van der Waals surface area contributed by atoms with Crippen LogP contribution in [0.5, 0.6) is 0 Å². The molecule has 0 bridgehead atoms. The molecule has 2 amide bonds. The highest BCUT2D eigenvalue weighted by Crippen LogP contribution is 2.22. The summed E-state index contributed by atoms with van der Waals surface area (Å²) in [5.41, 5.74) is 3.09. The summed E-state index contributed by atoms with van der Waals surface area (Å²) in [6, 6.07) is 16.4. The molecule has 1 heterocycles. The molecule has 0 saturated heterocycles. The Morgan fingerprint density at radius 2 is 1.90 bits per heavy atom. The minimum absolute atomic E-state index is 0.111. The van der Waals surface area contributed by atoms with E-state index < -0.39 is 0 Å². The molecule has 0 aliphatic carbocycles. The molecule has 0 saturated carbocycles. The molecule has 0 aliphatic rings. The number of aromatic nitrogens is 2. The Kier molecular flexibility index (Phi) is 6.24. The van der Waals surface area contributed by atoms with Gasteiger partial charge in [-0.25, -0.2) is 0 Å². The summed E-state index contributed by atoms with van der Waals surface area (Å²) in [5.74, 6) is -0.278. The summed E-state index contributed by atoms with van der Waals surface area (Å²) in [5, 5.41) is 6.99. The zero-order valence-electron chi connectivity index (χ0n) is 16.7. The largest absolute Gasteiger partial charge is 0.335 e. The SMILES string of the molecule is CC(c1cccc(NC(=O)c2ccccc2)c1)N(C)C(=O)/C=C/c1cnn(C)c1. The topological polar surface area (TPSA) is 67.2 Å². The summed E-state index contributed by atoms with van der Waals surface area (Å²) in [7, 11) is 3.59. The Balaban J connectivity index is 1.67. The van der Waals surface area contributed by atoms with Crippen molar-refractivity contribution in [3.05, 3.63) is 89.8 Å². The fourth-order valence-electron chi connectivity index (χ4n) is 2.89. The number of anilines is 1. The van der Waals surface area contributed by atoms with Crippen molar-refractivity contribution in [2.45, 2.75) is 13.0 Å². The van der Waals surface area contributed by atoms with E-state index in [-0.39, 0.29) is 17.9 Å². The first-order valence-corrected chi connectivity index (χ1v) is 9.34. The second-order valence-electron chi connectivity index (χ2n) is 6.85. The summed E-state index contributed by atoms with van der Waals surface area (Å²) >= 11 is 0. The standard InChI is InChI=1S/C23H24N4O2/c1-17(27(3)22(28)13-12-18-15-24-26(2)16-18)20-10-7-11-21(14-20)25-23(29)19-8-5-4-6-9-19/h4-17H,1-3H3,(H,25,29)/b13-12+. The fraction of sp³-hybridized carbons (Fsp3) is 0.174. The summed E-state index contributed by atoms with van der Waals surface area (Å²) in [6.07, 6.45) is 6.82. The average molecular weight is 388 g/mol. The van der Waals surface area contributed by atoms with Crippen LogP contribution in [0.1, 0.15) is 34.5 Å². The van der Waals surface area contributed by atoms with Crippen molar-refractivity contribution in [2.75, 3.05) is 12.4 Å². The lowest BCUT2D eigenvalue weighted by atomic mass is 10.1. The molecule has 0 aliphatic heterocycles. The van der Waals surface area contributed by atoms with Crippen molar-refractivity contribution < 1.29 is 9.59 Å². The van der Waals surface area contributed by atoms with E-state index in [4.69, 9.17) is 0 Å². The third-order valence-corrected chi connectivity index (χ3v) is 4.73. The number of hydrogen-bond donors (Lipinski definition) is 1. The molecule has 1 unspecified atom stereocenters. The highest BCUT2D eigenvalue weighted by Gasteiger charge is 2.16. The van der Waals surface area contributed by atoms with E-state index in [0.717, 1.165) is 11.1 Å². The van der Waals surface area contributed by atoms with E-state index in [0.29, 0.717) is 11.3 Å². The first-order chi connectivity index (χ1) is 13.9. The van der Waals surface area contributed by atoms with E-state index in [9.17, 15) is 9.59 Å². The summed E-state index contributed by atoms with van der Waals surface area (Å²) in [4.78, 5) is 26.6. The van der Waals surface area contributed by atoms with Gasteiger partial charge in [0, 0.05) is 43.2 Å². The Bertz CT molecular complexity index is 1020. The molecule has 0 radical (unpaired) electrons. The molecule has 6 heteroatoms. The van der Waals surface area contributed by atoms with Crippen LogP contribution in [0.15, 0.2) is 73.1 Å². The summed E-state index contributed by atoms with van der Waals surface area (Å²) in [6.45, 7) is 1.95. The lowest BCUT2D eigenvalue weighted by Crippen LogP contribution is -2.28. The predicted octanol–water partition coefficient (Wildman–Crippen LogP) is 3.91. The van der Waals surface area contributed by atoms with E-state index in [2.05, 4.69) is 10.4 Å². The van der Waals surface area contributed by atoms with Gasteiger partial charge in [-0.2, -0.15) is 5.10 Å². The van der Waals surface area contributed by atoms with Crippen molar-refractivity contribution in [2.24, 2.45) is 7.05 Å². The lowest BCUT2D eigenvalue weighted by Gasteiger charge is -2.24. The first kappa shape index (κ1) is 20.1. The number of amides is 2. The van der Waals surface area contributed by atoms with Crippen LogP contribution in [0.25, 0.3) is 6.08 Å². The van der Waals surface area contributed by atoms with Gasteiger partial charge >= 0.3 is 0 Å². The van der Waals surface area contributed by atoms with Crippen LogP contribution in [0.3, 0.4) is 0 Å². The molecule has 29 heavy (non-hydrogen) atoms. The smallest absolute Gasteiger partial charge is 0.255 e. The molecular weight excluding hydrogens is 364 g/mol. The molecule has 0 spiro atoms. The van der Waals surface area contributed by atoms with Gasteiger partial charge in [0.2, 0.25) is 5.91 Å². The lowest BCUT2D eigenvalue weighted by molar-refractivity contribution is -0.126. The van der Waals surface area contributed by atoms with Crippen LogP contribution in [-0.4, -0.2) is 33.5 Å². The number of aryl methyl sites for hydroxylation is 1. The normalized spacial score (nSPS) is 12.0. The molecule has 2 aromatic carbocycles. The maximum absolute atomic E-state index is 12.5. The molecule has 0 fully saturated rings. The van der Waals surface area contributed by atoms with Crippen molar-refractivity contribution >= 4 is 23.6 Å². The molecule has 6 nitrogen and oxygen atoms in total. The number of benzene rings is 2. The maximum atomic E-state index is 12.5. The maximum Gasteiger partial charge on any atom is 0.255 e. The van der Waals surface area contributed by atoms with E-state index in [1.807, 2.05) is 62.6 Å². The van der Waals surface area contributed by atoms with Crippen LogP contribution in [0.2, 0.25) is 0 Å². The third kappa shape index (κ3) is 5.19. The van der Waals surface area contributed by atoms with Gasteiger partial charge in [0.15, 0.2) is 0 Å². The Hall–Kier alpha value is -3.67. The van der Waals surface area contributed by atoms with Crippen LogP contribution in [0.4, 0.5) is 5.69 Å². The molecule has 3 aromatic rings. The van der Waals surface area contributed by atoms with Crippen molar-refractivity contribution in [3.63, 3.8) is 0 Å². The van der Waals surface area contributed by atoms with Gasteiger partial charge in [0.1, 0.15) is 0 Å². The second-order valence-corrected chi connectivity index (χ2v) is 6.85. The number of nitrogens with one attached hydrogen (secondary N) is 1. The van der Waals surface area contributed by atoms with Crippen LogP contribution < -0.4 is 5.32 Å². The van der Waals surface area contributed by atoms with Crippen molar-refractivity contribution in [3.8, 4) is 0 Å². The van der Waals surface area contributed by atoms with Gasteiger partial charge in [0.25, 0.3) is 5.91 Å². The van der Waals surface area contributed by atoms with Gasteiger partial charge in [-0.15, -0.1) is 0 Å². The molecular formula is C23H24N4O2. The van der Waals surface area contributed by atoms with Gasteiger partial charge in [-0.1, -0.05) is 30.3 Å². The highest BCUT2D eigenvalue weighted by molar-refractivity contribution is 6.04. The minimum atomic E-state index is -0.167. The van der Waals surface area contributed by atoms with E-state index in [1.165, 1.54) is 6.08 Å². The number of hydrogen-bond acceptors (Lipinski definition) is 3. The quantitative estimate of drug-likeness (QED) is 0.651. The Morgan fingerprint density at radius 3 is 2.59 bits per heavy atom. The zero-order valence-corrected chi connectivity index (χ0v) is 16.7. The number of rotatable bonds is 6. The van der Waals surface area contributed by atoms with Crippen LogP contribution in [-0.2, 0) is 11.8 Å². The summed E-state index contributed by atoms with van der Waals surface area (Å²) < 4.78 is 1.69. The number of likely N-dealkylation sites (N-methyl/N-ethyl adjacent to an activating group) is 1. The van der Waals surface area contributed by atoms with Crippen molar-refractivity contribution in [1.29, 1.82) is 0 Å². The molecule has 3 rings (SSSR count). The Morgan fingerprint density at radius 1 is 1.14 bits per heavy atom. The van der Waals surface area contributed by atoms with Gasteiger partial charge in [0.05, 0.1) is 12.2 Å². The molecule has 1 N–H and O–H groups in total. The third-order valence-electron chi connectivity index (χ3n) is 4.73. The van der Waals surface area contributed by atoms with Crippen LogP contribution in [0, 0.1) is 0 Å². The molecule has 1 atom stereocenters. The Labute approximate surface area is 170 Å². The first-order valence-electron chi connectivity index (χ1n) is 9.34. The highest BCUT2D eigenvalue weighted by atomic mass is 16.2. The predicted molar refractivity (Wildman–Crippen MR) is 114 cm³/mol. The molecule has 148 valence electrons. The van der Waals surface area contributed by atoms with Gasteiger partial charge < -0.3 is 10.2 Å². The molecule has 1 aromatic heterocycles. The minimum Gasteiger partial charge on any atom is -0.335 e. The van der Waals surface area contributed by atoms with Crippen molar-refractivity contribution in [1.82, 2.24) is 14.7 Å². The zero-order chi connectivity index (χ0) is 20.8. The number of nitrogens with zero attached hydrogens (tertiary/aromatic N) is 3. The average Bonchev–Trinajstić information content (AvgIpc) is 3.16. The van der Waals surface area contributed by atoms with E-state index in [1.54, 1.807) is 41.0 Å². The monoisotopic (exact) mass is 388 g/mol. The van der Waals surface area contributed by atoms with Gasteiger partial charge in [-0.3, -0.25) is 14.3 Å². The fourth-order valence-corrected chi connectivity index (χ4v) is 2.89. The number of carbonyl (C=O) groups is 2. The van der Waals surface area contributed by atoms with Crippen LogP contribution >= 0.6 is 0 Å². The number of carbonyl (C=O) groups excluding carboxylic acids is 2.